The molecule has 0 aliphatic carbocycles. The van der Waals surface area contributed by atoms with Gasteiger partial charge in [0.25, 0.3) is 10.1 Å². The van der Waals surface area contributed by atoms with Gasteiger partial charge in [0.05, 0.1) is 5.41 Å². The zero-order valence-electron chi connectivity index (χ0n) is 9.78. The molecule has 0 spiro atoms. The molecule has 1 radical (unpaired) electrons. The second-order valence-corrected chi connectivity index (χ2v) is 4.75. The van der Waals surface area contributed by atoms with E-state index >= 15 is 0 Å². The van der Waals surface area contributed by atoms with E-state index in [1.165, 1.54) is 31.8 Å². The zero-order valence-corrected chi connectivity index (χ0v) is 12.6. The van der Waals surface area contributed by atoms with E-state index in [4.69, 9.17) is 4.55 Å². The van der Waals surface area contributed by atoms with E-state index in [9.17, 15) is 8.42 Å². The summed E-state index contributed by atoms with van der Waals surface area (Å²) >= 11 is 0. The standard InChI is InChI=1S/C10H20O3S.Na/c1-2-3-4-5-6-7-8-9-10-14(11,12)13;/h9-10H,2-8H2,1H3,(H,11,12,13);. The van der Waals surface area contributed by atoms with E-state index in [0.717, 1.165) is 24.7 Å². The molecule has 3 nitrogen and oxygen atoms in total. The second-order valence-electron chi connectivity index (χ2n) is 3.44. The second kappa shape index (κ2) is 11.1. The van der Waals surface area contributed by atoms with Crippen molar-refractivity contribution in [3.63, 3.8) is 0 Å². The summed E-state index contributed by atoms with van der Waals surface area (Å²) in [6, 6.07) is 0. The zero-order chi connectivity index (χ0) is 10.9. The summed E-state index contributed by atoms with van der Waals surface area (Å²) in [5.41, 5.74) is 0. The first-order valence-electron chi connectivity index (χ1n) is 5.20. The molecule has 1 N–H and O–H groups in total. The van der Waals surface area contributed by atoms with Gasteiger partial charge in [0.1, 0.15) is 0 Å². The maximum absolute atomic E-state index is 10.3. The van der Waals surface area contributed by atoms with Gasteiger partial charge < -0.3 is 0 Å². The van der Waals surface area contributed by atoms with E-state index in [0.29, 0.717) is 0 Å². The van der Waals surface area contributed by atoms with Crippen LogP contribution in [0.3, 0.4) is 0 Å². The van der Waals surface area contributed by atoms with Gasteiger partial charge in [-0.25, -0.2) is 0 Å². The molecule has 0 atom stereocenters. The molecule has 0 saturated carbocycles. The molecule has 0 saturated heterocycles. The minimum atomic E-state index is -3.91. The summed E-state index contributed by atoms with van der Waals surface area (Å²) in [5.74, 6) is 0. The van der Waals surface area contributed by atoms with Gasteiger partial charge in [0.15, 0.2) is 0 Å². The number of hydrogen-bond donors (Lipinski definition) is 1. The molecule has 0 unspecified atom stereocenters. The largest absolute Gasteiger partial charge is 0.287 e. The van der Waals surface area contributed by atoms with Crippen molar-refractivity contribution in [2.45, 2.75) is 51.9 Å². The van der Waals surface area contributed by atoms with Crippen LogP contribution in [0.15, 0.2) is 11.5 Å². The van der Waals surface area contributed by atoms with Crippen molar-refractivity contribution < 1.29 is 13.0 Å². The Morgan fingerprint density at radius 2 is 1.60 bits per heavy atom. The SMILES string of the molecule is CCCCCCCCC=CS(=O)(=O)O.[Na]. The van der Waals surface area contributed by atoms with E-state index in [2.05, 4.69) is 6.92 Å². The molecule has 15 heavy (non-hydrogen) atoms. The van der Waals surface area contributed by atoms with Crippen LogP contribution in [0.1, 0.15) is 51.9 Å². The molecule has 0 bridgehead atoms. The fraction of sp³-hybridized carbons (Fsp3) is 0.800. The van der Waals surface area contributed by atoms with Crippen molar-refractivity contribution in [2.24, 2.45) is 0 Å². The van der Waals surface area contributed by atoms with Crippen LogP contribution in [0, 0.1) is 0 Å². The van der Waals surface area contributed by atoms with E-state index in [1.807, 2.05) is 0 Å². The van der Waals surface area contributed by atoms with E-state index in [-0.39, 0.29) is 29.6 Å². The Balaban J connectivity index is 0. The van der Waals surface area contributed by atoms with Gasteiger partial charge in [0.2, 0.25) is 0 Å². The fourth-order valence-electron chi connectivity index (χ4n) is 1.23. The summed E-state index contributed by atoms with van der Waals surface area (Å²) in [4.78, 5) is 0. The molecule has 0 fully saturated rings. The Morgan fingerprint density at radius 3 is 2.13 bits per heavy atom. The molecule has 0 amide bonds. The molecular weight excluding hydrogens is 223 g/mol. The summed E-state index contributed by atoms with van der Waals surface area (Å²) in [6.07, 6.45) is 9.36. The minimum absolute atomic E-state index is 0. The van der Waals surface area contributed by atoms with Gasteiger partial charge >= 0.3 is 0 Å². The van der Waals surface area contributed by atoms with Gasteiger partial charge in [0, 0.05) is 29.6 Å². The summed E-state index contributed by atoms with van der Waals surface area (Å²) < 4.78 is 28.9. The van der Waals surface area contributed by atoms with Crippen LogP contribution in [0.4, 0.5) is 0 Å². The Bertz CT molecular complexity index is 247. The third-order valence-electron chi connectivity index (χ3n) is 1.99. The fourth-order valence-corrected chi connectivity index (χ4v) is 1.61. The Morgan fingerprint density at radius 1 is 1.07 bits per heavy atom. The molecule has 0 rings (SSSR count). The van der Waals surface area contributed by atoms with Gasteiger partial charge in [-0.15, -0.1) is 0 Å². The van der Waals surface area contributed by atoms with Crippen LogP contribution in [0.5, 0.6) is 0 Å². The maximum atomic E-state index is 10.3. The van der Waals surface area contributed by atoms with Crippen LogP contribution in [0.2, 0.25) is 0 Å². The molecule has 0 heterocycles. The maximum Gasteiger partial charge on any atom is 0.287 e. The number of hydrogen-bond acceptors (Lipinski definition) is 2. The molecule has 85 valence electrons. The van der Waals surface area contributed by atoms with Gasteiger partial charge in [-0.1, -0.05) is 45.1 Å². The van der Waals surface area contributed by atoms with Crippen LogP contribution in [-0.2, 0) is 10.1 Å². The minimum Gasteiger partial charge on any atom is -0.282 e. The normalized spacial score (nSPS) is 11.6. The summed E-state index contributed by atoms with van der Waals surface area (Å²) in [7, 11) is -3.91. The van der Waals surface area contributed by atoms with E-state index < -0.39 is 10.1 Å². The molecule has 0 aliphatic rings. The molecular formula is C10H20NaO3S. The average molecular weight is 243 g/mol. The van der Waals surface area contributed by atoms with Crippen molar-refractivity contribution in [1.29, 1.82) is 0 Å². The first-order valence-corrected chi connectivity index (χ1v) is 6.70. The number of unbranched alkanes of at least 4 members (excludes halogenated alkanes) is 6. The quantitative estimate of drug-likeness (QED) is 0.405. The van der Waals surface area contributed by atoms with Crippen molar-refractivity contribution >= 4 is 39.7 Å². The van der Waals surface area contributed by atoms with Gasteiger partial charge in [-0.3, -0.25) is 4.55 Å². The first-order chi connectivity index (χ1) is 6.56. The van der Waals surface area contributed by atoms with Gasteiger partial charge in [-0.2, -0.15) is 8.42 Å². The van der Waals surface area contributed by atoms with Crippen LogP contribution in [-0.4, -0.2) is 42.5 Å². The average Bonchev–Trinajstić information content (AvgIpc) is 2.08. The molecule has 0 aromatic carbocycles. The van der Waals surface area contributed by atoms with E-state index in [1.54, 1.807) is 0 Å². The topological polar surface area (TPSA) is 54.4 Å². The van der Waals surface area contributed by atoms with Gasteiger partial charge in [-0.05, 0) is 12.8 Å². The third-order valence-corrected chi connectivity index (χ3v) is 2.53. The number of rotatable bonds is 8. The van der Waals surface area contributed by atoms with Crippen molar-refractivity contribution in [1.82, 2.24) is 0 Å². The van der Waals surface area contributed by atoms with Crippen LogP contribution >= 0.6 is 0 Å². The molecule has 0 aromatic rings. The number of allylic oxidation sites excluding steroid dienone is 1. The monoisotopic (exact) mass is 243 g/mol. The first kappa shape index (κ1) is 18.0. The summed E-state index contributed by atoms with van der Waals surface area (Å²) in [6.45, 7) is 2.18. The van der Waals surface area contributed by atoms with Crippen molar-refractivity contribution in [3.8, 4) is 0 Å². The Kier molecular flexibility index (Phi) is 13.4. The molecule has 0 aromatic heterocycles. The summed E-state index contributed by atoms with van der Waals surface area (Å²) in [5, 5.41) is 0.860. The van der Waals surface area contributed by atoms with Crippen molar-refractivity contribution in [2.75, 3.05) is 0 Å². The predicted octanol–water partition coefficient (Wildman–Crippen LogP) is 2.76. The Hall–Kier alpha value is 0.650. The molecule has 0 aliphatic heterocycles. The molecule has 5 heteroatoms. The third kappa shape index (κ3) is 17.3. The van der Waals surface area contributed by atoms with Crippen LogP contribution < -0.4 is 0 Å². The Labute approximate surface area is 115 Å². The predicted molar refractivity (Wildman–Crippen MR) is 64.4 cm³/mol. The van der Waals surface area contributed by atoms with Crippen LogP contribution in [0.25, 0.3) is 0 Å². The smallest absolute Gasteiger partial charge is 0.282 e. The van der Waals surface area contributed by atoms with Crippen molar-refractivity contribution in [3.05, 3.63) is 11.5 Å².